The largest absolute Gasteiger partial charge is 0.351 e. The summed E-state index contributed by atoms with van der Waals surface area (Å²) in [6.45, 7) is 2.21. The van der Waals surface area contributed by atoms with Crippen LogP contribution in [-0.4, -0.2) is 24.1 Å². The number of aryl methyl sites for hydroxylation is 1. The Morgan fingerprint density at radius 2 is 1.87 bits per heavy atom. The maximum atomic E-state index is 13.6. The van der Waals surface area contributed by atoms with E-state index in [4.69, 9.17) is 11.6 Å². The molecule has 0 spiro atoms. The predicted octanol–water partition coefficient (Wildman–Crippen LogP) is 5.90. The number of hydrogen-bond donors (Lipinski definition) is 2. The first-order valence-electron chi connectivity index (χ1n) is 9.31. The second-order valence-corrected chi connectivity index (χ2v) is 9.17. The number of anilines is 1. The number of thioether (sulfide) groups is 1. The summed E-state index contributed by atoms with van der Waals surface area (Å²) in [7, 11) is 0. The van der Waals surface area contributed by atoms with Crippen LogP contribution in [-0.2, 0) is 5.75 Å². The Morgan fingerprint density at radius 3 is 2.61 bits per heavy atom. The van der Waals surface area contributed by atoms with Gasteiger partial charge in [-0.2, -0.15) is 11.8 Å². The Hall–Kier alpha value is -2.42. The van der Waals surface area contributed by atoms with Crippen LogP contribution in [0.15, 0.2) is 48.5 Å². The average molecular weight is 481 g/mol. The Bertz CT molecular complexity index is 1100. The quantitative estimate of drug-likeness (QED) is 0.394. The molecule has 2 amide bonds. The standard InChI is InChI=1S/C22H19ClF2N2O2S2/c1-13-10-19(27-21(28)16-7-6-15(24)11-17(16)23)31-20(13)22(29)26-8-9-30-12-14-4-2-3-5-18(14)25/h2-7,10-11H,8-9,12H2,1H3,(H,26,29)(H,27,28). The van der Waals surface area contributed by atoms with Gasteiger partial charge in [0.15, 0.2) is 0 Å². The third-order valence-corrected chi connectivity index (χ3v) is 6.76. The van der Waals surface area contributed by atoms with Gasteiger partial charge >= 0.3 is 0 Å². The average Bonchev–Trinajstić information content (AvgIpc) is 3.08. The van der Waals surface area contributed by atoms with Crippen LogP contribution in [0.1, 0.15) is 31.2 Å². The van der Waals surface area contributed by atoms with Crippen LogP contribution >= 0.6 is 34.7 Å². The Morgan fingerprint density at radius 1 is 1.10 bits per heavy atom. The van der Waals surface area contributed by atoms with Crippen LogP contribution in [0.3, 0.4) is 0 Å². The topological polar surface area (TPSA) is 58.2 Å². The Kier molecular flexibility index (Phi) is 8.06. The molecule has 2 N–H and O–H groups in total. The Balaban J connectivity index is 1.51. The van der Waals surface area contributed by atoms with E-state index in [0.717, 1.165) is 29.0 Å². The van der Waals surface area contributed by atoms with E-state index in [1.165, 1.54) is 23.9 Å². The minimum absolute atomic E-state index is 0.0108. The lowest BCUT2D eigenvalue weighted by atomic mass is 10.2. The monoisotopic (exact) mass is 480 g/mol. The number of amides is 2. The molecule has 0 radical (unpaired) electrons. The van der Waals surface area contributed by atoms with Gasteiger partial charge in [-0.15, -0.1) is 11.3 Å². The highest BCUT2D eigenvalue weighted by Crippen LogP contribution is 2.28. The number of halogens is 3. The molecule has 1 aromatic heterocycles. The molecule has 0 unspecified atom stereocenters. The number of carbonyl (C=O) groups is 2. The number of hydrogen-bond acceptors (Lipinski definition) is 4. The molecule has 0 saturated heterocycles. The van der Waals surface area contributed by atoms with E-state index < -0.39 is 11.7 Å². The van der Waals surface area contributed by atoms with E-state index in [-0.39, 0.29) is 22.3 Å². The van der Waals surface area contributed by atoms with Crippen LogP contribution in [0.5, 0.6) is 0 Å². The molecule has 4 nitrogen and oxygen atoms in total. The van der Waals surface area contributed by atoms with E-state index in [1.807, 2.05) is 0 Å². The van der Waals surface area contributed by atoms with Crippen molar-refractivity contribution in [2.24, 2.45) is 0 Å². The molecule has 0 fully saturated rings. The number of thiophene rings is 1. The van der Waals surface area contributed by atoms with E-state index in [1.54, 1.807) is 31.2 Å². The summed E-state index contributed by atoms with van der Waals surface area (Å²) in [4.78, 5) is 25.3. The summed E-state index contributed by atoms with van der Waals surface area (Å²) in [5.41, 5.74) is 1.50. The molecule has 2 aromatic carbocycles. The zero-order valence-electron chi connectivity index (χ0n) is 16.5. The minimum atomic E-state index is -0.528. The van der Waals surface area contributed by atoms with Gasteiger partial charge in [0, 0.05) is 18.1 Å². The number of carbonyl (C=O) groups excluding carboxylic acids is 2. The molecule has 162 valence electrons. The first kappa shape index (κ1) is 23.2. The zero-order chi connectivity index (χ0) is 22.4. The molecule has 0 aliphatic carbocycles. The summed E-state index contributed by atoms with van der Waals surface area (Å²) in [6, 6.07) is 11.8. The molecule has 0 saturated carbocycles. The van der Waals surface area contributed by atoms with Crippen molar-refractivity contribution in [3.05, 3.63) is 86.8 Å². The van der Waals surface area contributed by atoms with E-state index in [9.17, 15) is 18.4 Å². The molecular weight excluding hydrogens is 462 g/mol. The first-order valence-corrected chi connectivity index (χ1v) is 11.7. The first-order chi connectivity index (χ1) is 14.8. The van der Waals surface area contributed by atoms with Gasteiger partial charge in [0.2, 0.25) is 0 Å². The smallest absolute Gasteiger partial charge is 0.261 e. The summed E-state index contributed by atoms with van der Waals surface area (Å²) in [5, 5.41) is 6.02. The summed E-state index contributed by atoms with van der Waals surface area (Å²) >= 11 is 8.60. The van der Waals surface area contributed by atoms with Crippen LogP contribution in [0.4, 0.5) is 13.8 Å². The van der Waals surface area contributed by atoms with E-state index >= 15 is 0 Å². The van der Waals surface area contributed by atoms with Crippen molar-refractivity contribution >= 4 is 51.5 Å². The van der Waals surface area contributed by atoms with Gasteiger partial charge in [0.05, 0.1) is 20.5 Å². The van der Waals surface area contributed by atoms with Crippen molar-refractivity contribution in [3.63, 3.8) is 0 Å². The highest BCUT2D eigenvalue weighted by Gasteiger charge is 2.17. The predicted molar refractivity (Wildman–Crippen MR) is 123 cm³/mol. The van der Waals surface area contributed by atoms with Crippen molar-refractivity contribution in [2.75, 3.05) is 17.6 Å². The van der Waals surface area contributed by atoms with Crippen molar-refractivity contribution < 1.29 is 18.4 Å². The van der Waals surface area contributed by atoms with E-state index in [0.29, 0.717) is 33.5 Å². The molecule has 0 aliphatic rings. The molecule has 0 atom stereocenters. The van der Waals surface area contributed by atoms with Gasteiger partial charge < -0.3 is 10.6 Å². The highest BCUT2D eigenvalue weighted by atomic mass is 35.5. The lowest BCUT2D eigenvalue weighted by Gasteiger charge is -2.06. The molecule has 0 aliphatic heterocycles. The van der Waals surface area contributed by atoms with Gasteiger partial charge in [-0.1, -0.05) is 29.8 Å². The normalized spacial score (nSPS) is 10.7. The molecular formula is C22H19ClF2N2O2S2. The van der Waals surface area contributed by atoms with Crippen molar-refractivity contribution in [1.29, 1.82) is 0 Å². The number of benzene rings is 2. The van der Waals surface area contributed by atoms with Crippen molar-refractivity contribution in [2.45, 2.75) is 12.7 Å². The highest BCUT2D eigenvalue weighted by molar-refractivity contribution is 7.98. The van der Waals surface area contributed by atoms with Gasteiger partial charge in [-0.25, -0.2) is 8.78 Å². The molecule has 3 rings (SSSR count). The van der Waals surface area contributed by atoms with Gasteiger partial charge in [0.25, 0.3) is 11.8 Å². The molecule has 3 aromatic rings. The minimum Gasteiger partial charge on any atom is -0.351 e. The molecule has 9 heteroatoms. The molecule has 31 heavy (non-hydrogen) atoms. The Labute approximate surface area is 192 Å². The SMILES string of the molecule is Cc1cc(NC(=O)c2ccc(F)cc2Cl)sc1C(=O)NCCSCc1ccccc1F. The lowest BCUT2D eigenvalue weighted by Crippen LogP contribution is -2.25. The maximum Gasteiger partial charge on any atom is 0.261 e. The van der Waals surface area contributed by atoms with Crippen LogP contribution < -0.4 is 10.6 Å². The lowest BCUT2D eigenvalue weighted by molar-refractivity contribution is 0.0958. The summed E-state index contributed by atoms with van der Waals surface area (Å²) in [6.07, 6.45) is 0. The molecule has 0 bridgehead atoms. The zero-order valence-corrected chi connectivity index (χ0v) is 18.9. The third-order valence-electron chi connectivity index (χ3n) is 4.28. The summed E-state index contributed by atoms with van der Waals surface area (Å²) in [5.74, 6) is -0.318. The van der Waals surface area contributed by atoms with Crippen molar-refractivity contribution in [1.82, 2.24) is 5.32 Å². The van der Waals surface area contributed by atoms with Gasteiger partial charge in [0.1, 0.15) is 11.6 Å². The fourth-order valence-electron chi connectivity index (χ4n) is 2.74. The third kappa shape index (κ3) is 6.29. The second kappa shape index (κ2) is 10.7. The molecule has 1 heterocycles. The van der Waals surface area contributed by atoms with Gasteiger partial charge in [-0.05, 0) is 48.4 Å². The number of nitrogens with one attached hydrogen (secondary N) is 2. The van der Waals surface area contributed by atoms with Crippen LogP contribution in [0.2, 0.25) is 5.02 Å². The van der Waals surface area contributed by atoms with Crippen LogP contribution in [0, 0.1) is 18.6 Å². The second-order valence-electron chi connectivity index (χ2n) is 6.60. The maximum absolute atomic E-state index is 13.6. The van der Waals surface area contributed by atoms with Gasteiger partial charge in [-0.3, -0.25) is 9.59 Å². The van der Waals surface area contributed by atoms with Crippen molar-refractivity contribution in [3.8, 4) is 0 Å². The number of rotatable bonds is 8. The fourth-order valence-corrected chi connectivity index (χ4v) is 4.82. The van der Waals surface area contributed by atoms with Crippen LogP contribution in [0.25, 0.3) is 0 Å². The van der Waals surface area contributed by atoms with E-state index in [2.05, 4.69) is 10.6 Å². The summed E-state index contributed by atoms with van der Waals surface area (Å²) < 4.78 is 26.8. The fraction of sp³-hybridized carbons (Fsp3) is 0.182.